The second kappa shape index (κ2) is 6.35. The zero-order valence-electron chi connectivity index (χ0n) is 11.8. The summed E-state index contributed by atoms with van der Waals surface area (Å²) in [5.41, 5.74) is -0.481. The summed E-state index contributed by atoms with van der Waals surface area (Å²) >= 11 is 1.19. The third-order valence-corrected chi connectivity index (χ3v) is 3.57. The number of hydrogen-bond donors (Lipinski definition) is 0. The van der Waals surface area contributed by atoms with E-state index in [4.69, 9.17) is 4.74 Å². The Labute approximate surface area is 128 Å². The van der Waals surface area contributed by atoms with Gasteiger partial charge in [0.1, 0.15) is 0 Å². The van der Waals surface area contributed by atoms with Crippen LogP contribution in [0.2, 0.25) is 0 Å². The van der Waals surface area contributed by atoms with Crippen LogP contribution >= 0.6 is 11.3 Å². The average Bonchev–Trinajstić information content (AvgIpc) is 2.79. The fourth-order valence-electron chi connectivity index (χ4n) is 1.78. The lowest BCUT2D eigenvalue weighted by molar-refractivity contribution is -0.137. The van der Waals surface area contributed by atoms with Crippen molar-refractivity contribution in [2.24, 2.45) is 4.99 Å². The molecule has 0 N–H and O–H groups in total. The van der Waals surface area contributed by atoms with Gasteiger partial charge in [0, 0.05) is 16.8 Å². The summed E-state index contributed by atoms with van der Waals surface area (Å²) in [6, 6.07) is 4.83. The Bertz CT molecular complexity index is 747. The third-order valence-electron chi connectivity index (χ3n) is 2.68. The van der Waals surface area contributed by atoms with Gasteiger partial charge in [-0.15, -0.1) is 16.3 Å². The van der Waals surface area contributed by atoms with Crippen molar-refractivity contribution in [3.63, 3.8) is 0 Å². The van der Waals surface area contributed by atoms with Crippen molar-refractivity contribution in [3.05, 3.63) is 45.7 Å². The van der Waals surface area contributed by atoms with Gasteiger partial charge in [-0.3, -0.25) is 4.57 Å². The van der Waals surface area contributed by atoms with E-state index in [1.165, 1.54) is 28.0 Å². The average molecular weight is 330 g/mol. The molecule has 8 heteroatoms. The van der Waals surface area contributed by atoms with Crippen LogP contribution in [0.3, 0.4) is 0 Å². The molecule has 1 aromatic carbocycles. The molecule has 0 spiro atoms. The van der Waals surface area contributed by atoms with Gasteiger partial charge in [0.15, 0.2) is 0 Å². The Morgan fingerprint density at radius 2 is 2.14 bits per heavy atom. The van der Waals surface area contributed by atoms with Crippen LogP contribution in [0.5, 0.6) is 0 Å². The van der Waals surface area contributed by atoms with Crippen LogP contribution in [0.1, 0.15) is 17.4 Å². The van der Waals surface area contributed by atoms with Gasteiger partial charge in [-0.1, -0.05) is 6.07 Å². The van der Waals surface area contributed by atoms with Gasteiger partial charge in [0.25, 0.3) is 0 Å². The van der Waals surface area contributed by atoms with Crippen LogP contribution in [0.15, 0.2) is 35.5 Å². The van der Waals surface area contributed by atoms with Crippen molar-refractivity contribution in [3.8, 4) is 5.69 Å². The summed E-state index contributed by atoms with van der Waals surface area (Å²) < 4.78 is 44.6. The molecule has 2 aromatic rings. The van der Waals surface area contributed by atoms with Crippen molar-refractivity contribution in [1.29, 1.82) is 0 Å². The third kappa shape index (κ3) is 3.76. The lowest BCUT2D eigenvalue weighted by Crippen LogP contribution is -2.16. The Hall–Kier alpha value is -2.09. The molecule has 0 aliphatic heterocycles. The van der Waals surface area contributed by atoms with Gasteiger partial charge in [0.05, 0.1) is 12.2 Å². The number of hydrogen-bond acceptors (Lipinski definition) is 3. The molecule has 118 valence electrons. The number of alkyl halides is 3. The fraction of sp³-hybridized carbons (Fsp3) is 0.286. The van der Waals surface area contributed by atoms with E-state index >= 15 is 0 Å². The standard InChI is InChI=1S/C14H13F3N2O2S/c1-3-21-13(20)18-12-19(8-9(2)22-12)11-6-4-5-10(7-11)14(15,16)17/h4-8H,3H2,1-2H3/b18-12+. The number of aromatic nitrogens is 1. The van der Waals surface area contributed by atoms with Gasteiger partial charge in [-0.25, -0.2) is 4.79 Å². The van der Waals surface area contributed by atoms with Gasteiger partial charge < -0.3 is 4.74 Å². The second-order valence-corrected chi connectivity index (χ2v) is 5.57. The van der Waals surface area contributed by atoms with E-state index in [2.05, 4.69) is 4.99 Å². The monoisotopic (exact) mass is 330 g/mol. The second-order valence-electron chi connectivity index (χ2n) is 4.35. The van der Waals surface area contributed by atoms with Crippen molar-refractivity contribution in [2.45, 2.75) is 20.0 Å². The smallest absolute Gasteiger partial charge is 0.436 e. The van der Waals surface area contributed by atoms with Crippen molar-refractivity contribution in [1.82, 2.24) is 4.57 Å². The van der Waals surface area contributed by atoms with Crippen LogP contribution in [-0.4, -0.2) is 17.3 Å². The van der Waals surface area contributed by atoms with E-state index < -0.39 is 17.8 Å². The molecule has 0 atom stereocenters. The van der Waals surface area contributed by atoms with Crippen LogP contribution in [-0.2, 0) is 10.9 Å². The molecule has 0 bridgehead atoms. The van der Waals surface area contributed by atoms with E-state index in [-0.39, 0.29) is 17.1 Å². The Morgan fingerprint density at radius 1 is 1.41 bits per heavy atom. The maximum absolute atomic E-state index is 12.8. The minimum atomic E-state index is -4.43. The molecule has 0 radical (unpaired) electrons. The SMILES string of the molecule is CCOC(=O)/N=c1/sc(C)cn1-c1cccc(C(F)(F)F)c1. The van der Waals surface area contributed by atoms with Crippen molar-refractivity contribution in [2.75, 3.05) is 6.61 Å². The first kappa shape index (κ1) is 16.3. The lowest BCUT2D eigenvalue weighted by atomic mass is 10.2. The largest absolute Gasteiger partial charge is 0.448 e. The van der Waals surface area contributed by atoms with Crippen LogP contribution in [0.4, 0.5) is 18.0 Å². The number of nitrogens with zero attached hydrogens (tertiary/aromatic N) is 2. The van der Waals surface area contributed by atoms with Crippen molar-refractivity contribution >= 4 is 17.4 Å². The quantitative estimate of drug-likeness (QED) is 0.837. The predicted molar refractivity (Wildman–Crippen MR) is 76.0 cm³/mol. The van der Waals surface area contributed by atoms with Gasteiger partial charge in [0.2, 0.25) is 4.80 Å². The summed E-state index contributed by atoms with van der Waals surface area (Å²) in [7, 11) is 0. The Morgan fingerprint density at radius 3 is 2.77 bits per heavy atom. The van der Waals surface area contributed by atoms with Crippen LogP contribution in [0, 0.1) is 6.92 Å². The van der Waals surface area contributed by atoms with E-state index in [9.17, 15) is 18.0 Å². The summed E-state index contributed by atoms with van der Waals surface area (Å²) in [6.45, 7) is 3.60. The van der Waals surface area contributed by atoms with Crippen molar-refractivity contribution < 1.29 is 22.7 Å². The molecule has 1 aromatic heterocycles. The first-order valence-electron chi connectivity index (χ1n) is 6.39. The number of rotatable bonds is 2. The van der Waals surface area contributed by atoms with E-state index in [0.717, 1.165) is 17.0 Å². The van der Waals surface area contributed by atoms with Gasteiger partial charge in [-0.05, 0) is 32.0 Å². The zero-order chi connectivity index (χ0) is 16.3. The number of amides is 1. The molecular formula is C14H13F3N2O2S. The highest BCUT2D eigenvalue weighted by Gasteiger charge is 2.30. The van der Waals surface area contributed by atoms with Gasteiger partial charge in [-0.2, -0.15) is 13.2 Å². The first-order valence-corrected chi connectivity index (χ1v) is 7.21. The number of halogens is 3. The summed E-state index contributed by atoms with van der Waals surface area (Å²) in [5.74, 6) is 0. The highest BCUT2D eigenvalue weighted by Crippen LogP contribution is 2.30. The number of carbonyl (C=O) groups excluding carboxylic acids is 1. The minimum absolute atomic E-state index is 0.177. The number of ether oxygens (including phenoxy) is 1. The molecule has 1 heterocycles. The molecule has 0 aliphatic carbocycles. The fourth-order valence-corrected chi connectivity index (χ4v) is 2.61. The Balaban J connectivity index is 2.52. The summed E-state index contributed by atoms with van der Waals surface area (Å²) in [5, 5.41) is 0. The lowest BCUT2D eigenvalue weighted by Gasteiger charge is -2.09. The maximum Gasteiger partial charge on any atom is 0.436 e. The molecule has 4 nitrogen and oxygen atoms in total. The number of benzene rings is 1. The molecule has 0 saturated carbocycles. The minimum Gasteiger partial charge on any atom is -0.448 e. The zero-order valence-corrected chi connectivity index (χ0v) is 12.7. The van der Waals surface area contributed by atoms with Crippen LogP contribution in [0.25, 0.3) is 5.69 Å². The van der Waals surface area contributed by atoms with Crippen LogP contribution < -0.4 is 4.80 Å². The topological polar surface area (TPSA) is 43.6 Å². The first-order chi connectivity index (χ1) is 10.3. The molecular weight excluding hydrogens is 317 g/mol. The number of carbonyl (C=O) groups is 1. The molecule has 2 rings (SSSR count). The maximum atomic E-state index is 12.8. The highest BCUT2D eigenvalue weighted by molar-refractivity contribution is 7.09. The number of thiazole rings is 1. The summed E-state index contributed by atoms with van der Waals surface area (Å²) in [6.07, 6.45) is -3.58. The van der Waals surface area contributed by atoms with E-state index in [1.54, 1.807) is 20.0 Å². The molecule has 0 fully saturated rings. The van der Waals surface area contributed by atoms with E-state index in [0.29, 0.717) is 0 Å². The molecule has 22 heavy (non-hydrogen) atoms. The molecule has 0 saturated heterocycles. The van der Waals surface area contributed by atoms with E-state index in [1.807, 2.05) is 0 Å². The Kier molecular flexibility index (Phi) is 4.70. The molecule has 0 unspecified atom stereocenters. The normalized spacial score (nSPS) is 12.5. The molecule has 0 aliphatic rings. The molecule has 1 amide bonds. The predicted octanol–water partition coefficient (Wildman–Crippen LogP) is 3.92. The van der Waals surface area contributed by atoms with Gasteiger partial charge >= 0.3 is 12.3 Å². The summed E-state index contributed by atoms with van der Waals surface area (Å²) in [4.78, 5) is 16.3. The highest BCUT2D eigenvalue weighted by atomic mass is 32.1. The number of aryl methyl sites for hydroxylation is 1.